The van der Waals surface area contributed by atoms with Gasteiger partial charge in [0, 0.05) is 28.9 Å². The molecule has 9 nitrogen and oxygen atoms in total. The van der Waals surface area contributed by atoms with Crippen molar-refractivity contribution < 1.29 is 13.6 Å². The van der Waals surface area contributed by atoms with E-state index < -0.39 is 11.7 Å². The Kier molecular flexibility index (Phi) is 4.51. The number of rotatable bonds is 4. The monoisotopic (exact) mass is 460 g/mol. The molecule has 4 aromatic heterocycles. The second-order valence-electron chi connectivity index (χ2n) is 8.25. The predicted molar refractivity (Wildman–Crippen MR) is 120 cm³/mol. The molecule has 5 aromatic rings. The third-order valence-electron chi connectivity index (χ3n) is 6.10. The molecule has 1 atom stereocenters. The Morgan fingerprint density at radius 1 is 1.21 bits per heavy atom. The Morgan fingerprint density at radius 2 is 2.09 bits per heavy atom. The van der Waals surface area contributed by atoms with Gasteiger partial charge < -0.3 is 16.0 Å². The number of hydrogen-bond acceptors (Lipinski definition) is 6. The number of carbonyl (C=O) groups is 1. The molecule has 0 saturated carbocycles. The van der Waals surface area contributed by atoms with Crippen LogP contribution in [-0.2, 0) is 12.8 Å². The zero-order chi connectivity index (χ0) is 23.4. The average Bonchev–Trinajstić information content (AvgIpc) is 3.42. The summed E-state index contributed by atoms with van der Waals surface area (Å²) in [5, 5.41) is 8.48. The number of aromatic nitrogens is 6. The first-order valence-corrected chi connectivity index (χ1v) is 10.7. The number of nitrogens with zero attached hydrogens (tertiary/aromatic N) is 5. The fourth-order valence-corrected chi connectivity index (χ4v) is 4.52. The Morgan fingerprint density at radius 3 is 2.91 bits per heavy atom. The van der Waals surface area contributed by atoms with Crippen molar-refractivity contribution in [2.45, 2.75) is 25.3 Å². The third-order valence-corrected chi connectivity index (χ3v) is 6.10. The summed E-state index contributed by atoms with van der Waals surface area (Å²) >= 11 is 0. The summed E-state index contributed by atoms with van der Waals surface area (Å²) in [5.74, 6) is -0.999. The molecule has 4 N–H and O–H groups in total. The van der Waals surface area contributed by atoms with Gasteiger partial charge in [0.1, 0.15) is 17.2 Å². The summed E-state index contributed by atoms with van der Waals surface area (Å²) in [6, 6.07) is 6.25. The van der Waals surface area contributed by atoms with E-state index in [4.69, 9.17) is 5.73 Å². The molecule has 1 amide bonds. The highest BCUT2D eigenvalue weighted by molar-refractivity contribution is 5.98. The molecule has 0 saturated heterocycles. The molecule has 0 spiro atoms. The van der Waals surface area contributed by atoms with E-state index in [-0.39, 0.29) is 28.9 Å². The van der Waals surface area contributed by atoms with Crippen LogP contribution in [0.5, 0.6) is 0 Å². The minimum atomic E-state index is -0.689. The van der Waals surface area contributed by atoms with Crippen molar-refractivity contribution in [3.63, 3.8) is 0 Å². The summed E-state index contributed by atoms with van der Waals surface area (Å²) in [5.41, 5.74) is 8.75. The largest absolute Gasteiger partial charge is 0.365 e. The van der Waals surface area contributed by atoms with Crippen molar-refractivity contribution in [3.05, 3.63) is 71.3 Å². The summed E-state index contributed by atoms with van der Waals surface area (Å²) in [6.07, 6.45) is 5.96. The zero-order valence-electron chi connectivity index (χ0n) is 17.7. The van der Waals surface area contributed by atoms with Crippen molar-refractivity contribution in [2.24, 2.45) is 5.73 Å². The van der Waals surface area contributed by atoms with Crippen LogP contribution in [0.3, 0.4) is 0 Å². The van der Waals surface area contributed by atoms with Gasteiger partial charge in [0.15, 0.2) is 11.5 Å². The summed E-state index contributed by atoms with van der Waals surface area (Å²) in [7, 11) is 0. The maximum atomic E-state index is 14.2. The van der Waals surface area contributed by atoms with Crippen molar-refractivity contribution in [1.82, 2.24) is 29.5 Å². The minimum Gasteiger partial charge on any atom is -0.365 e. The van der Waals surface area contributed by atoms with E-state index in [1.54, 1.807) is 6.07 Å². The fourth-order valence-electron chi connectivity index (χ4n) is 4.52. The number of para-hydroxylation sites is 1. The van der Waals surface area contributed by atoms with Crippen LogP contribution in [0.4, 0.5) is 14.7 Å². The number of hydrogen-bond donors (Lipinski definition) is 3. The van der Waals surface area contributed by atoms with Crippen molar-refractivity contribution in [2.75, 3.05) is 5.32 Å². The van der Waals surface area contributed by atoms with Gasteiger partial charge >= 0.3 is 0 Å². The molecule has 0 fully saturated rings. The Bertz CT molecular complexity index is 1590. The Hall–Kier alpha value is -4.41. The highest BCUT2D eigenvalue weighted by Crippen LogP contribution is 2.31. The number of nitrogens with one attached hydrogen (secondary N) is 2. The predicted octanol–water partition coefficient (Wildman–Crippen LogP) is 3.01. The van der Waals surface area contributed by atoms with Crippen LogP contribution in [0.15, 0.2) is 42.9 Å². The fraction of sp³-hybridized carbons (Fsp3) is 0.174. The number of fused-ring (bicyclic) bond motifs is 4. The standard InChI is InChI=1S/C23H18F2N8O/c24-12-6-11(8-27-9-12)21-31-22-16(20(26)34)10-28-33(22)23(32-21)29-13-4-5-18-15(7-13)14-2-1-3-17(25)19(14)30-18/h1-3,6,8-10,13,30H,4-5,7H2,(H2,26,34)(H,29,31,32). The second-order valence-corrected chi connectivity index (χ2v) is 8.25. The van der Waals surface area contributed by atoms with E-state index >= 15 is 0 Å². The molecular weight excluding hydrogens is 442 g/mol. The number of benzene rings is 1. The smallest absolute Gasteiger partial charge is 0.254 e. The molecule has 11 heteroatoms. The average molecular weight is 460 g/mol. The zero-order valence-corrected chi connectivity index (χ0v) is 17.7. The first kappa shape index (κ1) is 20.2. The number of pyridine rings is 1. The van der Waals surface area contributed by atoms with E-state index in [9.17, 15) is 13.6 Å². The molecule has 1 aliphatic rings. The van der Waals surface area contributed by atoms with Crippen LogP contribution in [0.2, 0.25) is 0 Å². The minimum absolute atomic E-state index is 0.0485. The maximum absolute atomic E-state index is 14.2. The molecule has 4 heterocycles. The van der Waals surface area contributed by atoms with Crippen LogP contribution in [0.1, 0.15) is 28.0 Å². The molecule has 1 aromatic carbocycles. The first-order chi connectivity index (χ1) is 16.5. The molecular formula is C23H18F2N8O. The van der Waals surface area contributed by atoms with Gasteiger partial charge in [0.25, 0.3) is 5.91 Å². The lowest BCUT2D eigenvalue weighted by Crippen LogP contribution is -2.29. The lowest BCUT2D eigenvalue weighted by Gasteiger charge is -2.24. The first-order valence-electron chi connectivity index (χ1n) is 10.7. The summed E-state index contributed by atoms with van der Waals surface area (Å²) in [4.78, 5) is 27.9. The number of nitrogens with two attached hydrogens (primary N) is 1. The summed E-state index contributed by atoms with van der Waals surface area (Å²) < 4.78 is 29.4. The van der Waals surface area contributed by atoms with E-state index in [0.29, 0.717) is 23.4 Å². The van der Waals surface area contributed by atoms with Crippen molar-refractivity contribution in [3.8, 4) is 11.4 Å². The number of anilines is 1. The van der Waals surface area contributed by atoms with Crippen LogP contribution in [-0.4, -0.2) is 41.5 Å². The van der Waals surface area contributed by atoms with Gasteiger partial charge in [-0.15, -0.1) is 0 Å². The van der Waals surface area contributed by atoms with Gasteiger partial charge in [0.05, 0.1) is 17.9 Å². The van der Waals surface area contributed by atoms with Gasteiger partial charge in [-0.2, -0.15) is 14.6 Å². The van der Waals surface area contributed by atoms with E-state index in [1.807, 2.05) is 6.07 Å². The molecule has 0 radical (unpaired) electrons. The maximum Gasteiger partial charge on any atom is 0.254 e. The van der Waals surface area contributed by atoms with Gasteiger partial charge in [-0.1, -0.05) is 12.1 Å². The quantitative estimate of drug-likeness (QED) is 0.378. The number of H-pyrrole nitrogens is 1. The number of halogens is 2. The van der Waals surface area contributed by atoms with Crippen molar-refractivity contribution in [1.29, 1.82) is 0 Å². The Labute approximate surface area is 191 Å². The van der Waals surface area contributed by atoms with Gasteiger partial charge in [0.2, 0.25) is 5.95 Å². The molecule has 0 bridgehead atoms. The number of aromatic amines is 1. The number of amides is 1. The van der Waals surface area contributed by atoms with Gasteiger partial charge in [-0.25, -0.2) is 13.8 Å². The highest BCUT2D eigenvalue weighted by atomic mass is 19.1. The Balaban J connectivity index is 1.42. The molecule has 1 unspecified atom stereocenters. The lowest BCUT2D eigenvalue weighted by molar-refractivity contribution is 0.100. The van der Waals surface area contributed by atoms with E-state index in [0.717, 1.165) is 35.7 Å². The molecule has 170 valence electrons. The van der Waals surface area contributed by atoms with Crippen LogP contribution < -0.4 is 11.1 Å². The van der Waals surface area contributed by atoms with Crippen molar-refractivity contribution >= 4 is 28.4 Å². The SMILES string of the molecule is NC(=O)c1cnn2c(NC3CCc4[nH]c5c(F)cccc5c4C3)nc(-c3cncc(F)c3)nc12. The molecule has 6 rings (SSSR count). The normalized spacial score (nSPS) is 15.5. The molecule has 0 aliphatic heterocycles. The molecule has 34 heavy (non-hydrogen) atoms. The van der Waals surface area contributed by atoms with Crippen LogP contribution >= 0.6 is 0 Å². The lowest BCUT2D eigenvalue weighted by atomic mass is 9.91. The van der Waals surface area contributed by atoms with E-state index in [2.05, 4.69) is 30.4 Å². The number of carbonyl (C=O) groups excluding carboxylic acids is 1. The van der Waals surface area contributed by atoms with E-state index in [1.165, 1.54) is 29.0 Å². The third kappa shape index (κ3) is 3.24. The second kappa shape index (κ2) is 7.58. The topological polar surface area (TPSA) is 127 Å². The van der Waals surface area contributed by atoms with Gasteiger partial charge in [-0.05, 0) is 37.0 Å². The highest BCUT2D eigenvalue weighted by Gasteiger charge is 2.25. The van der Waals surface area contributed by atoms with Crippen LogP contribution in [0, 0.1) is 11.6 Å². The number of aryl methyl sites for hydroxylation is 1. The summed E-state index contributed by atoms with van der Waals surface area (Å²) in [6.45, 7) is 0. The molecule has 1 aliphatic carbocycles. The number of primary amides is 1. The van der Waals surface area contributed by atoms with Crippen LogP contribution in [0.25, 0.3) is 27.9 Å². The van der Waals surface area contributed by atoms with Gasteiger partial charge in [-0.3, -0.25) is 9.78 Å².